The molecule has 0 aliphatic heterocycles. The van der Waals surface area contributed by atoms with Crippen LogP contribution in [0.5, 0.6) is 5.75 Å². The van der Waals surface area contributed by atoms with Crippen LogP contribution in [-0.2, 0) is 11.2 Å². The van der Waals surface area contributed by atoms with E-state index in [2.05, 4.69) is 6.92 Å². The first-order valence-corrected chi connectivity index (χ1v) is 6.66. The summed E-state index contributed by atoms with van der Waals surface area (Å²) in [4.78, 5) is 11.1. The number of carboxylic acids is 1. The first-order valence-electron chi connectivity index (χ1n) is 6.66. The largest absolute Gasteiger partial charge is 0.508 e. The van der Waals surface area contributed by atoms with Gasteiger partial charge in [0.2, 0.25) is 0 Å². The van der Waals surface area contributed by atoms with Crippen molar-refractivity contribution >= 4 is 5.97 Å². The van der Waals surface area contributed by atoms with Crippen LogP contribution in [0.3, 0.4) is 0 Å². The molecule has 1 aromatic rings. The van der Waals surface area contributed by atoms with E-state index in [1.54, 1.807) is 7.11 Å². The molecule has 0 saturated heterocycles. The minimum absolute atomic E-state index is 0.108. The second-order valence-corrected chi connectivity index (χ2v) is 4.69. The van der Waals surface area contributed by atoms with Gasteiger partial charge in [-0.25, -0.2) is 4.79 Å². The van der Waals surface area contributed by atoms with Crippen molar-refractivity contribution in [3.8, 4) is 5.75 Å². The molecule has 1 rings (SSSR count). The molecular formula is C15H22O4. The highest BCUT2D eigenvalue weighted by Gasteiger charge is 2.12. The second-order valence-electron chi connectivity index (χ2n) is 4.69. The Labute approximate surface area is 114 Å². The van der Waals surface area contributed by atoms with Gasteiger partial charge in [-0.05, 0) is 49.4 Å². The van der Waals surface area contributed by atoms with Crippen molar-refractivity contribution in [2.24, 2.45) is 0 Å². The zero-order valence-electron chi connectivity index (χ0n) is 11.6. The molecule has 0 saturated carbocycles. The fraction of sp³-hybridized carbons (Fsp3) is 0.533. The summed E-state index contributed by atoms with van der Waals surface area (Å²) in [6.07, 6.45) is 4.71. The maximum Gasteiger partial charge on any atom is 0.335 e. The Balaban J connectivity index is 2.61. The maximum absolute atomic E-state index is 11.1. The summed E-state index contributed by atoms with van der Waals surface area (Å²) >= 11 is 0. The number of aromatic carboxylic acids is 1. The van der Waals surface area contributed by atoms with Crippen LogP contribution in [0, 0.1) is 0 Å². The van der Waals surface area contributed by atoms with Crippen molar-refractivity contribution in [3.63, 3.8) is 0 Å². The van der Waals surface area contributed by atoms with E-state index >= 15 is 0 Å². The average molecular weight is 266 g/mol. The van der Waals surface area contributed by atoms with Gasteiger partial charge in [-0.2, -0.15) is 0 Å². The Kier molecular flexibility index (Phi) is 6.36. The van der Waals surface area contributed by atoms with Crippen LogP contribution in [-0.4, -0.2) is 29.4 Å². The van der Waals surface area contributed by atoms with Gasteiger partial charge in [0.15, 0.2) is 0 Å². The van der Waals surface area contributed by atoms with Gasteiger partial charge >= 0.3 is 5.97 Å². The summed E-state index contributed by atoms with van der Waals surface area (Å²) in [5.41, 5.74) is 0.945. The Hall–Kier alpha value is -1.55. The molecular weight excluding hydrogens is 244 g/mol. The normalized spacial score (nSPS) is 12.3. The van der Waals surface area contributed by atoms with Crippen LogP contribution in [0.1, 0.15) is 48.5 Å². The number of rotatable bonds is 8. The number of hydrogen-bond donors (Lipinski definition) is 2. The predicted molar refractivity (Wildman–Crippen MR) is 73.7 cm³/mol. The molecule has 4 heteroatoms. The molecule has 0 aliphatic rings. The van der Waals surface area contributed by atoms with Crippen LogP contribution in [0.15, 0.2) is 18.2 Å². The van der Waals surface area contributed by atoms with Gasteiger partial charge in [-0.3, -0.25) is 0 Å². The molecule has 0 spiro atoms. The molecule has 0 aliphatic carbocycles. The fourth-order valence-electron chi connectivity index (χ4n) is 2.22. The molecule has 2 N–H and O–H groups in total. The monoisotopic (exact) mass is 266 g/mol. The van der Waals surface area contributed by atoms with Crippen molar-refractivity contribution < 1.29 is 19.7 Å². The molecule has 1 aromatic carbocycles. The van der Waals surface area contributed by atoms with Gasteiger partial charge in [-0.15, -0.1) is 0 Å². The number of carbonyl (C=O) groups is 1. The first kappa shape index (κ1) is 15.5. The average Bonchev–Trinajstić information content (AvgIpc) is 2.37. The number of carboxylic acid groups (broad SMARTS) is 1. The third-order valence-electron chi connectivity index (χ3n) is 3.24. The van der Waals surface area contributed by atoms with Gasteiger partial charge in [0, 0.05) is 7.11 Å². The van der Waals surface area contributed by atoms with Gasteiger partial charge in [-0.1, -0.05) is 13.3 Å². The third kappa shape index (κ3) is 4.91. The number of phenolic OH excluding ortho intramolecular Hbond substituents is 1. The molecule has 1 unspecified atom stereocenters. The molecule has 0 fully saturated rings. The molecule has 0 heterocycles. The molecule has 4 nitrogen and oxygen atoms in total. The van der Waals surface area contributed by atoms with E-state index in [9.17, 15) is 9.90 Å². The number of ether oxygens (including phenoxy) is 1. The van der Waals surface area contributed by atoms with E-state index in [-0.39, 0.29) is 17.4 Å². The highest BCUT2D eigenvalue weighted by Crippen LogP contribution is 2.20. The van der Waals surface area contributed by atoms with Crippen LogP contribution < -0.4 is 0 Å². The van der Waals surface area contributed by atoms with E-state index in [4.69, 9.17) is 9.84 Å². The first-order chi connectivity index (χ1) is 9.08. The molecule has 19 heavy (non-hydrogen) atoms. The van der Waals surface area contributed by atoms with Crippen LogP contribution in [0.2, 0.25) is 0 Å². The van der Waals surface area contributed by atoms with Crippen molar-refractivity contribution in [3.05, 3.63) is 29.3 Å². The highest BCUT2D eigenvalue weighted by atomic mass is 16.5. The van der Waals surface area contributed by atoms with Crippen molar-refractivity contribution in [1.82, 2.24) is 0 Å². The topological polar surface area (TPSA) is 66.8 Å². The minimum Gasteiger partial charge on any atom is -0.508 e. The van der Waals surface area contributed by atoms with E-state index < -0.39 is 5.97 Å². The summed E-state index contributed by atoms with van der Waals surface area (Å²) in [5, 5.41) is 18.5. The lowest BCUT2D eigenvalue weighted by molar-refractivity contribution is 0.0695. The molecule has 0 aromatic heterocycles. The summed E-state index contributed by atoms with van der Waals surface area (Å²) in [6, 6.07) is 4.39. The lowest BCUT2D eigenvalue weighted by Gasteiger charge is -2.14. The summed E-state index contributed by atoms with van der Waals surface area (Å²) in [6.45, 7) is 2.11. The van der Waals surface area contributed by atoms with Crippen LogP contribution >= 0.6 is 0 Å². The predicted octanol–water partition coefficient (Wildman–Crippen LogP) is 3.23. The Bertz CT molecular complexity index is 415. The van der Waals surface area contributed by atoms with Crippen molar-refractivity contribution in [2.75, 3.05) is 7.11 Å². The van der Waals surface area contributed by atoms with Crippen molar-refractivity contribution in [2.45, 2.75) is 45.1 Å². The van der Waals surface area contributed by atoms with E-state index in [1.165, 1.54) is 18.2 Å². The third-order valence-corrected chi connectivity index (χ3v) is 3.24. The number of hydrogen-bond acceptors (Lipinski definition) is 3. The molecule has 0 bridgehead atoms. The highest BCUT2D eigenvalue weighted by molar-refractivity contribution is 5.89. The standard InChI is InChI=1S/C15H22O4/c1-3-5-13(19-2)7-4-6-11-10-12(16)8-9-14(11)15(17)18/h8-10,13,16H,3-7H2,1-2H3,(H,17,18). The van der Waals surface area contributed by atoms with Gasteiger partial charge in [0.05, 0.1) is 11.7 Å². The van der Waals surface area contributed by atoms with Crippen molar-refractivity contribution in [1.29, 1.82) is 0 Å². The molecule has 0 radical (unpaired) electrons. The number of methoxy groups -OCH3 is 1. The number of benzene rings is 1. The van der Waals surface area contributed by atoms with Gasteiger partial charge < -0.3 is 14.9 Å². The number of phenols is 1. The smallest absolute Gasteiger partial charge is 0.335 e. The fourth-order valence-corrected chi connectivity index (χ4v) is 2.22. The summed E-state index contributed by atoms with van der Waals surface area (Å²) in [5.74, 6) is -0.844. The lowest BCUT2D eigenvalue weighted by atomic mass is 9.99. The Morgan fingerprint density at radius 1 is 1.37 bits per heavy atom. The van der Waals surface area contributed by atoms with E-state index in [0.717, 1.165) is 25.7 Å². The molecule has 1 atom stereocenters. The number of aromatic hydroxyl groups is 1. The van der Waals surface area contributed by atoms with Crippen LogP contribution in [0.4, 0.5) is 0 Å². The molecule has 106 valence electrons. The number of aryl methyl sites for hydroxylation is 1. The van der Waals surface area contributed by atoms with Gasteiger partial charge in [0.25, 0.3) is 0 Å². The Morgan fingerprint density at radius 3 is 2.68 bits per heavy atom. The summed E-state index contributed by atoms with van der Waals surface area (Å²) < 4.78 is 5.36. The van der Waals surface area contributed by atoms with E-state index in [1.807, 2.05) is 0 Å². The maximum atomic E-state index is 11.1. The summed E-state index contributed by atoms with van der Waals surface area (Å²) in [7, 11) is 1.71. The van der Waals surface area contributed by atoms with Gasteiger partial charge in [0.1, 0.15) is 5.75 Å². The Morgan fingerprint density at radius 2 is 2.11 bits per heavy atom. The van der Waals surface area contributed by atoms with Crippen LogP contribution in [0.25, 0.3) is 0 Å². The van der Waals surface area contributed by atoms with E-state index in [0.29, 0.717) is 12.0 Å². The lowest BCUT2D eigenvalue weighted by Crippen LogP contribution is -2.11. The second kappa shape index (κ2) is 7.79. The zero-order valence-corrected chi connectivity index (χ0v) is 11.6. The quantitative estimate of drug-likeness (QED) is 0.758. The zero-order chi connectivity index (χ0) is 14.3. The SMILES string of the molecule is CCCC(CCCc1cc(O)ccc1C(=O)O)OC. The minimum atomic E-state index is -0.952. The molecule has 0 amide bonds.